The Bertz CT molecular complexity index is 502. The van der Waals surface area contributed by atoms with Crippen molar-refractivity contribution in [2.24, 2.45) is 0 Å². The van der Waals surface area contributed by atoms with E-state index < -0.39 is 17.5 Å². The van der Waals surface area contributed by atoms with Gasteiger partial charge in [0.05, 0.1) is 17.9 Å². The monoisotopic (exact) mass is 284 g/mol. The Kier molecular flexibility index (Phi) is 4.54. The molecule has 110 valence electrons. The first-order valence-corrected chi connectivity index (χ1v) is 6.71. The predicted octanol–water partition coefficient (Wildman–Crippen LogP) is 1.92. The zero-order valence-electron chi connectivity index (χ0n) is 11.1. The van der Waals surface area contributed by atoms with Crippen molar-refractivity contribution in [3.8, 4) is 0 Å². The normalized spacial score (nSPS) is 15.6. The van der Waals surface area contributed by atoms with Crippen LogP contribution >= 0.6 is 0 Å². The van der Waals surface area contributed by atoms with Crippen LogP contribution in [0.1, 0.15) is 36.0 Å². The maximum absolute atomic E-state index is 13.8. The largest absolute Gasteiger partial charge is 0.396 e. The zero-order chi connectivity index (χ0) is 14.7. The van der Waals surface area contributed by atoms with Crippen molar-refractivity contribution in [3.63, 3.8) is 0 Å². The van der Waals surface area contributed by atoms with Gasteiger partial charge in [-0.15, -0.1) is 0 Å². The second kappa shape index (κ2) is 6.17. The van der Waals surface area contributed by atoms with E-state index in [-0.39, 0.29) is 30.4 Å². The molecular weight excluding hydrogens is 266 g/mol. The summed E-state index contributed by atoms with van der Waals surface area (Å²) in [6, 6.07) is 1.64. The van der Waals surface area contributed by atoms with Gasteiger partial charge >= 0.3 is 0 Å². The van der Waals surface area contributed by atoms with E-state index in [0.29, 0.717) is 6.07 Å². The molecule has 4 nitrogen and oxygen atoms in total. The summed E-state index contributed by atoms with van der Waals surface area (Å²) in [5.74, 6) is -2.36. The number of nitrogens with zero attached hydrogens (tertiary/aromatic N) is 1. The highest BCUT2D eigenvalue weighted by molar-refractivity contribution is 5.95. The molecule has 2 rings (SSSR count). The summed E-state index contributed by atoms with van der Waals surface area (Å²) >= 11 is 0. The Morgan fingerprint density at radius 3 is 2.55 bits per heavy atom. The van der Waals surface area contributed by atoms with Gasteiger partial charge in [0.1, 0.15) is 11.6 Å². The van der Waals surface area contributed by atoms with Crippen LogP contribution in [-0.4, -0.2) is 35.1 Å². The molecule has 1 aromatic rings. The lowest BCUT2D eigenvalue weighted by Crippen LogP contribution is -2.41. The lowest BCUT2D eigenvalue weighted by molar-refractivity contribution is 0.0633. The smallest absolute Gasteiger partial charge is 0.257 e. The molecule has 3 N–H and O–H groups in total. The fourth-order valence-electron chi connectivity index (χ4n) is 2.66. The minimum Gasteiger partial charge on any atom is -0.396 e. The number of hydrogen-bond donors (Lipinski definition) is 2. The number of aliphatic hydroxyl groups excluding tert-OH is 1. The molecule has 1 aromatic carbocycles. The number of carbonyl (C=O) groups is 1. The number of hydrogen-bond acceptors (Lipinski definition) is 3. The van der Waals surface area contributed by atoms with Gasteiger partial charge in [0.15, 0.2) is 0 Å². The van der Waals surface area contributed by atoms with Crippen LogP contribution in [-0.2, 0) is 0 Å². The van der Waals surface area contributed by atoms with E-state index in [4.69, 9.17) is 10.8 Å². The van der Waals surface area contributed by atoms with Crippen LogP contribution in [0.3, 0.4) is 0 Å². The molecule has 1 saturated carbocycles. The fraction of sp³-hybridized carbons (Fsp3) is 0.500. The van der Waals surface area contributed by atoms with Gasteiger partial charge in [-0.2, -0.15) is 0 Å². The van der Waals surface area contributed by atoms with Gasteiger partial charge in [-0.1, -0.05) is 12.8 Å². The number of aliphatic hydroxyl groups is 1. The van der Waals surface area contributed by atoms with Crippen molar-refractivity contribution < 1.29 is 18.7 Å². The highest BCUT2D eigenvalue weighted by Crippen LogP contribution is 2.26. The Labute approximate surface area is 116 Å². The Hall–Kier alpha value is -1.69. The summed E-state index contributed by atoms with van der Waals surface area (Å²) in [6.07, 6.45) is 3.69. The summed E-state index contributed by atoms with van der Waals surface area (Å²) in [4.78, 5) is 13.9. The lowest BCUT2D eigenvalue weighted by Gasteiger charge is -2.28. The van der Waals surface area contributed by atoms with E-state index in [9.17, 15) is 13.6 Å². The standard InChI is InChI=1S/C14H18F2N2O2/c15-11-8-12(16)13(17)7-10(11)14(20)18(5-6-19)9-3-1-2-4-9/h7-9,19H,1-6,17H2. The molecule has 0 saturated heterocycles. The minimum atomic E-state index is -0.928. The summed E-state index contributed by atoms with van der Waals surface area (Å²) in [5.41, 5.74) is 4.89. The number of amides is 1. The Balaban J connectivity index is 2.29. The van der Waals surface area contributed by atoms with Crippen LogP contribution in [0.2, 0.25) is 0 Å². The van der Waals surface area contributed by atoms with Crippen molar-refractivity contribution in [1.29, 1.82) is 0 Å². The van der Waals surface area contributed by atoms with Gasteiger partial charge in [0.2, 0.25) is 0 Å². The molecule has 1 aliphatic rings. The first-order chi connectivity index (χ1) is 9.54. The number of rotatable bonds is 4. The topological polar surface area (TPSA) is 66.6 Å². The SMILES string of the molecule is Nc1cc(C(=O)N(CCO)C2CCCC2)c(F)cc1F. The Morgan fingerprint density at radius 1 is 1.30 bits per heavy atom. The first-order valence-electron chi connectivity index (χ1n) is 6.71. The van der Waals surface area contributed by atoms with Gasteiger partial charge in [-0.3, -0.25) is 4.79 Å². The van der Waals surface area contributed by atoms with E-state index >= 15 is 0 Å². The van der Waals surface area contributed by atoms with Crippen molar-refractivity contribution in [3.05, 3.63) is 29.3 Å². The molecule has 1 amide bonds. The van der Waals surface area contributed by atoms with Crippen molar-refractivity contribution >= 4 is 11.6 Å². The highest BCUT2D eigenvalue weighted by atomic mass is 19.1. The van der Waals surface area contributed by atoms with Crippen LogP contribution in [0.5, 0.6) is 0 Å². The number of halogens is 2. The van der Waals surface area contributed by atoms with Crippen LogP contribution < -0.4 is 5.73 Å². The predicted molar refractivity (Wildman–Crippen MR) is 71.1 cm³/mol. The number of nitrogens with two attached hydrogens (primary N) is 1. The molecule has 20 heavy (non-hydrogen) atoms. The molecular formula is C14H18F2N2O2. The zero-order valence-corrected chi connectivity index (χ0v) is 11.1. The van der Waals surface area contributed by atoms with E-state index in [1.807, 2.05) is 0 Å². The highest BCUT2D eigenvalue weighted by Gasteiger charge is 2.29. The van der Waals surface area contributed by atoms with E-state index in [1.165, 1.54) is 4.90 Å². The average molecular weight is 284 g/mol. The second-order valence-electron chi connectivity index (χ2n) is 5.01. The molecule has 0 radical (unpaired) electrons. The molecule has 1 fully saturated rings. The quantitative estimate of drug-likeness (QED) is 0.830. The summed E-state index contributed by atoms with van der Waals surface area (Å²) in [7, 11) is 0. The third-order valence-electron chi connectivity index (χ3n) is 3.68. The van der Waals surface area contributed by atoms with Crippen molar-refractivity contribution in [1.82, 2.24) is 4.90 Å². The van der Waals surface area contributed by atoms with Crippen LogP contribution in [0, 0.1) is 11.6 Å². The minimum absolute atomic E-state index is 0.000303. The third-order valence-corrected chi connectivity index (χ3v) is 3.68. The third kappa shape index (κ3) is 2.90. The molecule has 0 spiro atoms. The molecule has 0 bridgehead atoms. The Morgan fingerprint density at radius 2 is 1.95 bits per heavy atom. The summed E-state index contributed by atoms with van der Waals surface area (Å²) in [5, 5.41) is 9.09. The van der Waals surface area contributed by atoms with Gasteiger partial charge in [-0.25, -0.2) is 8.78 Å². The molecule has 0 aliphatic heterocycles. The van der Waals surface area contributed by atoms with Crippen molar-refractivity contribution in [2.75, 3.05) is 18.9 Å². The molecule has 1 aliphatic carbocycles. The molecule has 0 atom stereocenters. The lowest BCUT2D eigenvalue weighted by atomic mass is 10.1. The summed E-state index contributed by atoms with van der Waals surface area (Å²) < 4.78 is 26.9. The van der Waals surface area contributed by atoms with Gasteiger partial charge in [0, 0.05) is 18.7 Å². The van der Waals surface area contributed by atoms with Crippen LogP contribution in [0.15, 0.2) is 12.1 Å². The number of nitrogen functional groups attached to an aromatic ring is 1. The van der Waals surface area contributed by atoms with E-state index in [1.54, 1.807) is 0 Å². The molecule has 6 heteroatoms. The fourth-order valence-corrected chi connectivity index (χ4v) is 2.66. The van der Waals surface area contributed by atoms with Crippen LogP contribution in [0.4, 0.5) is 14.5 Å². The van der Waals surface area contributed by atoms with Crippen LogP contribution in [0.25, 0.3) is 0 Å². The van der Waals surface area contributed by atoms with Gasteiger partial charge in [0.25, 0.3) is 5.91 Å². The molecule has 0 heterocycles. The van der Waals surface area contributed by atoms with Gasteiger partial charge < -0.3 is 15.7 Å². The average Bonchev–Trinajstić information content (AvgIpc) is 2.93. The second-order valence-corrected chi connectivity index (χ2v) is 5.01. The maximum Gasteiger partial charge on any atom is 0.257 e. The van der Waals surface area contributed by atoms with E-state index in [0.717, 1.165) is 31.7 Å². The number of carbonyl (C=O) groups excluding carboxylic acids is 1. The van der Waals surface area contributed by atoms with Gasteiger partial charge in [-0.05, 0) is 18.9 Å². The summed E-state index contributed by atoms with van der Waals surface area (Å²) in [6.45, 7) is -0.0548. The van der Waals surface area contributed by atoms with E-state index in [2.05, 4.69) is 0 Å². The molecule has 0 aromatic heterocycles. The molecule has 0 unspecified atom stereocenters. The number of benzene rings is 1. The number of anilines is 1. The van der Waals surface area contributed by atoms with Crippen molar-refractivity contribution in [2.45, 2.75) is 31.7 Å². The maximum atomic E-state index is 13.8. The first kappa shape index (κ1) is 14.7.